The minimum atomic E-state index is -0.203. The molecular weight excluding hydrogens is 230 g/mol. The van der Waals surface area contributed by atoms with E-state index in [2.05, 4.69) is 15.5 Å². The van der Waals surface area contributed by atoms with Crippen LogP contribution in [0.2, 0.25) is 0 Å². The molecule has 6 heteroatoms. The van der Waals surface area contributed by atoms with E-state index in [1.807, 2.05) is 26.8 Å². The van der Waals surface area contributed by atoms with Crippen molar-refractivity contribution in [2.45, 2.75) is 26.3 Å². The number of nitrogens with two attached hydrogens (primary N) is 1. The van der Waals surface area contributed by atoms with Gasteiger partial charge in [0.1, 0.15) is 5.75 Å². The van der Waals surface area contributed by atoms with Crippen molar-refractivity contribution in [1.82, 2.24) is 20.2 Å². The third kappa shape index (κ3) is 2.13. The Labute approximate surface area is 106 Å². The van der Waals surface area contributed by atoms with Crippen LogP contribution in [0.4, 0.5) is 5.69 Å². The smallest absolute Gasteiger partial charge is 0.186 e. The number of ether oxygens (including phenoxy) is 1. The number of nitrogens with zero attached hydrogens (tertiary/aromatic N) is 4. The highest BCUT2D eigenvalue weighted by Gasteiger charge is 2.22. The normalized spacial score (nSPS) is 11.6. The maximum atomic E-state index is 5.74. The van der Waals surface area contributed by atoms with Gasteiger partial charge in [-0.05, 0) is 43.3 Å². The van der Waals surface area contributed by atoms with E-state index in [-0.39, 0.29) is 5.54 Å². The lowest BCUT2D eigenvalue weighted by Crippen LogP contribution is -2.24. The highest BCUT2D eigenvalue weighted by molar-refractivity contribution is 5.67. The lowest BCUT2D eigenvalue weighted by Gasteiger charge is -2.20. The van der Waals surface area contributed by atoms with Gasteiger partial charge in [-0.2, -0.15) is 0 Å². The summed E-state index contributed by atoms with van der Waals surface area (Å²) in [7, 11) is 1.60. The quantitative estimate of drug-likeness (QED) is 0.817. The first kappa shape index (κ1) is 12.3. The van der Waals surface area contributed by atoms with E-state index in [9.17, 15) is 0 Å². The number of hydrogen-bond acceptors (Lipinski definition) is 5. The number of tetrazole rings is 1. The van der Waals surface area contributed by atoms with Crippen molar-refractivity contribution in [1.29, 1.82) is 0 Å². The Bertz CT molecular complexity index is 556. The molecule has 0 aliphatic heterocycles. The van der Waals surface area contributed by atoms with Gasteiger partial charge < -0.3 is 10.5 Å². The molecule has 2 N–H and O–H groups in total. The molecule has 18 heavy (non-hydrogen) atoms. The summed E-state index contributed by atoms with van der Waals surface area (Å²) < 4.78 is 7.09. The van der Waals surface area contributed by atoms with Crippen LogP contribution in [-0.2, 0) is 5.54 Å². The van der Waals surface area contributed by atoms with Crippen LogP contribution in [0.5, 0.6) is 5.75 Å². The molecule has 1 aromatic carbocycles. The van der Waals surface area contributed by atoms with E-state index < -0.39 is 0 Å². The molecule has 2 rings (SSSR count). The van der Waals surface area contributed by atoms with Gasteiger partial charge in [-0.3, -0.25) is 0 Å². The van der Waals surface area contributed by atoms with Crippen LogP contribution >= 0.6 is 0 Å². The highest BCUT2D eigenvalue weighted by Crippen LogP contribution is 2.31. The number of hydrogen-bond donors (Lipinski definition) is 1. The first-order valence-corrected chi connectivity index (χ1v) is 5.66. The molecule has 6 nitrogen and oxygen atoms in total. The van der Waals surface area contributed by atoms with Gasteiger partial charge in [0.05, 0.1) is 18.2 Å². The predicted octanol–water partition coefficient (Wildman–Crippen LogP) is 1.69. The van der Waals surface area contributed by atoms with Crippen molar-refractivity contribution in [2.75, 3.05) is 12.8 Å². The summed E-state index contributed by atoms with van der Waals surface area (Å²) in [6, 6.07) is 5.43. The van der Waals surface area contributed by atoms with Gasteiger partial charge >= 0.3 is 0 Å². The summed E-state index contributed by atoms with van der Waals surface area (Å²) >= 11 is 0. The largest absolute Gasteiger partial charge is 0.496 e. The van der Waals surface area contributed by atoms with Crippen molar-refractivity contribution in [2.24, 2.45) is 0 Å². The van der Waals surface area contributed by atoms with Gasteiger partial charge in [-0.25, -0.2) is 4.68 Å². The molecule has 0 aliphatic rings. The lowest BCUT2D eigenvalue weighted by atomic mass is 10.1. The van der Waals surface area contributed by atoms with Crippen molar-refractivity contribution in [3.8, 4) is 17.1 Å². The molecule has 96 valence electrons. The molecular formula is C12H17N5O. The Kier molecular flexibility index (Phi) is 2.94. The Morgan fingerprint density at radius 1 is 1.28 bits per heavy atom. The number of methoxy groups -OCH3 is 1. The van der Waals surface area contributed by atoms with Crippen molar-refractivity contribution in [3.05, 3.63) is 18.2 Å². The second kappa shape index (κ2) is 4.29. The average Bonchev–Trinajstić information content (AvgIpc) is 2.77. The Hall–Kier alpha value is -2.11. The first-order valence-electron chi connectivity index (χ1n) is 5.66. The summed E-state index contributed by atoms with van der Waals surface area (Å²) in [4.78, 5) is 0. The molecule has 0 unspecified atom stereocenters. The average molecular weight is 247 g/mol. The molecule has 1 aromatic heterocycles. The Balaban J connectivity index is 2.59. The van der Waals surface area contributed by atoms with Crippen LogP contribution in [0.3, 0.4) is 0 Å². The van der Waals surface area contributed by atoms with Crippen molar-refractivity contribution < 1.29 is 4.74 Å². The molecule has 0 spiro atoms. The van der Waals surface area contributed by atoms with E-state index in [1.165, 1.54) is 0 Å². The molecule has 0 aliphatic carbocycles. The minimum absolute atomic E-state index is 0.203. The second-order valence-corrected chi connectivity index (χ2v) is 5.04. The summed E-state index contributed by atoms with van der Waals surface area (Å²) in [6.07, 6.45) is 0. The van der Waals surface area contributed by atoms with Crippen LogP contribution in [0.15, 0.2) is 18.2 Å². The zero-order valence-corrected chi connectivity index (χ0v) is 11.0. The van der Waals surface area contributed by atoms with E-state index in [0.29, 0.717) is 17.3 Å². The van der Waals surface area contributed by atoms with Gasteiger partial charge in [-0.1, -0.05) is 0 Å². The third-order valence-electron chi connectivity index (χ3n) is 2.57. The number of anilines is 1. The van der Waals surface area contributed by atoms with Crippen LogP contribution in [-0.4, -0.2) is 27.3 Å². The number of nitrogen functional groups attached to an aromatic ring is 1. The maximum absolute atomic E-state index is 5.74. The highest BCUT2D eigenvalue weighted by atomic mass is 16.5. The predicted molar refractivity (Wildman–Crippen MR) is 69.2 cm³/mol. The SMILES string of the molecule is COc1cc(N)ccc1-c1nnnn1C(C)(C)C. The zero-order chi connectivity index (χ0) is 13.3. The van der Waals surface area contributed by atoms with Crippen molar-refractivity contribution in [3.63, 3.8) is 0 Å². The van der Waals surface area contributed by atoms with E-state index in [0.717, 1.165) is 5.56 Å². The fourth-order valence-corrected chi connectivity index (χ4v) is 1.70. The molecule has 0 amide bonds. The maximum Gasteiger partial charge on any atom is 0.186 e. The summed E-state index contributed by atoms with van der Waals surface area (Å²) in [5.74, 6) is 1.33. The Morgan fingerprint density at radius 3 is 2.61 bits per heavy atom. The van der Waals surface area contributed by atoms with Crippen molar-refractivity contribution >= 4 is 5.69 Å². The fraction of sp³-hybridized carbons (Fsp3) is 0.417. The van der Waals surface area contributed by atoms with Gasteiger partial charge in [0.25, 0.3) is 0 Å². The fourth-order valence-electron chi connectivity index (χ4n) is 1.70. The molecule has 0 saturated carbocycles. The van der Waals surface area contributed by atoms with E-state index in [4.69, 9.17) is 10.5 Å². The minimum Gasteiger partial charge on any atom is -0.496 e. The molecule has 0 radical (unpaired) electrons. The summed E-state index contributed by atoms with van der Waals surface area (Å²) in [6.45, 7) is 6.11. The third-order valence-corrected chi connectivity index (χ3v) is 2.57. The summed E-state index contributed by atoms with van der Waals surface area (Å²) in [5, 5.41) is 11.8. The van der Waals surface area contributed by atoms with Gasteiger partial charge in [-0.15, -0.1) is 5.10 Å². The number of benzene rings is 1. The van der Waals surface area contributed by atoms with Gasteiger partial charge in [0, 0.05) is 11.8 Å². The molecule has 0 fully saturated rings. The van der Waals surface area contributed by atoms with E-state index in [1.54, 1.807) is 23.9 Å². The number of rotatable bonds is 2. The van der Waals surface area contributed by atoms with E-state index >= 15 is 0 Å². The van der Waals surface area contributed by atoms with Crippen LogP contribution in [0, 0.1) is 0 Å². The van der Waals surface area contributed by atoms with Crippen LogP contribution < -0.4 is 10.5 Å². The molecule has 0 bridgehead atoms. The molecule has 0 saturated heterocycles. The molecule has 2 aromatic rings. The molecule has 1 heterocycles. The zero-order valence-electron chi connectivity index (χ0n) is 11.0. The Morgan fingerprint density at radius 2 is 2.00 bits per heavy atom. The van der Waals surface area contributed by atoms with Gasteiger partial charge in [0.2, 0.25) is 0 Å². The monoisotopic (exact) mass is 247 g/mol. The number of aromatic nitrogens is 4. The second-order valence-electron chi connectivity index (χ2n) is 5.04. The van der Waals surface area contributed by atoms with Crippen LogP contribution in [0.25, 0.3) is 11.4 Å². The van der Waals surface area contributed by atoms with Gasteiger partial charge in [0.15, 0.2) is 5.82 Å². The lowest BCUT2D eigenvalue weighted by molar-refractivity contribution is 0.350. The topological polar surface area (TPSA) is 78.8 Å². The standard InChI is InChI=1S/C12H17N5O/c1-12(2,3)17-11(14-15-16-17)9-6-5-8(13)7-10(9)18-4/h5-7H,13H2,1-4H3. The summed E-state index contributed by atoms with van der Waals surface area (Å²) in [5.41, 5.74) is 7.01. The molecule has 0 atom stereocenters. The van der Waals surface area contributed by atoms with Crippen LogP contribution in [0.1, 0.15) is 20.8 Å². The first-order chi connectivity index (χ1) is 8.43.